The van der Waals surface area contributed by atoms with Gasteiger partial charge in [0.1, 0.15) is 0 Å². The second-order valence-electron chi connectivity index (χ2n) is 4.59. The molecule has 1 atom stereocenters. The standard InChI is InChI=1S/C13H18BrFN2/c1-2-5-11-6-3-4-7-17(11)13-12(15)8-10(14)9-16-13/h8-9,11H,2-7H2,1H3. The lowest BCUT2D eigenvalue weighted by Crippen LogP contribution is -2.40. The topological polar surface area (TPSA) is 16.1 Å². The summed E-state index contributed by atoms with van der Waals surface area (Å²) in [5.74, 6) is 0.300. The highest BCUT2D eigenvalue weighted by Crippen LogP contribution is 2.28. The summed E-state index contributed by atoms with van der Waals surface area (Å²) in [5.41, 5.74) is 0. The van der Waals surface area contributed by atoms with E-state index in [0.29, 0.717) is 16.3 Å². The Morgan fingerprint density at radius 2 is 2.35 bits per heavy atom. The molecule has 0 saturated carbocycles. The average molecular weight is 301 g/mol. The Labute approximate surface area is 110 Å². The number of hydrogen-bond donors (Lipinski definition) is 0. The lowest BCUT2D eigenvalue weighted by molar-refractivity contribution is 0.425. The summed E-state index contributed by atoms with van der Waals surface area (Å²) in [6.45, 7) is 3.11. The first-order chi connectivity index (χ1) is 8.22. The monoisotopic (exact) mass is 300 g/mol. The van der Waals surface area contributed by atoms with Crippen LogP contribution >= 0.6 is 15.9 Å². The molecule has 1 fully saturated rings. The molecule has 1 saturated heterocycles. The predicted octanol–water partition coefficient (Wildman–Crippen LogP) is 4.14. The molecule has 4 heteroatoms. The molecular weight excluding hydrogens is 283 g/mol. The van der Waals surface area contributed by atoms with Gasteiger partial charge in [-0.1, -0.05) is 13.3 Å². The lowest BCUT2D eigenvalue weighted by Gasteiger charge is -2.36. The van der Waals surface area contributed by atoms with Gasteiger partial charge in [-0.05, 0) is 47.7 Å². The van der Waals surface area contributed by atoms with Gasteiger partial charge in [0.15, 0.2) is 11.6 Å². The van der Waals surface area contributed by atoms with Gasteiger partial charge in [-0.3, -0.25) is 0 Å². The van der Waals surface area contributed by atoms with Crippen molar-refractivity contribution in [2.45, 2.75) is 45.1 Å². The van der Waals surface area contributed by atoms with Crippen LogP contribution in [0.4, 0.5) is 10.2 Å². The molecule has 0 radical (unpaired) electrons. The van der Waals surface area contributed by atoms with E-state index in [1.54, 1.807) is 6.20 Å². The number of piperidine rings is 1. The Balaban J connectivity index is 2.23. The second-order valence-corrected chi connectivity index (χ2v) is 5.51. The zero-order valence-corrected chi connectivity index (χ0v) is 11.7. The van der Waals surface area contributed by atoms with E-state index >= 15 is 0 Å². The smallest absolute Gasteiger partial charge is 0.166 e. The molecule has 2 nitrogen and oxygen atoms in total. The molecule has 2 heterocycles. The van der Waals surface area contributed by atoms with Crippen LogP contribution in [0.5, 0.6) is 0 Å². The molecule has 2 rings (SSSR count). The highest BCUT2D eigenvalue weighted by atomic mass is 79.9. The minimum absolute atomic E-state index is 0.220. The van der Waals surface area contributed by atoms with E-state index in [1.807, 2.05) is 0 Å². The molecule has 17 heavy (non-hydrogen) atoms. The van der Waals surface area contributed by atoms with Crippen molar-refractivity contribution in [1.82, 2.24) is 4.98 Å². The van der Waals surface area contributed by atoms with Gasteiger partial charge in [0, 0.05) is 23.3 Å². The summed E-state index contributed by atoms with van der Waals surface area (Å²) in [5, 5.41) is 0. The maximum atomic E-state index is 13.9. The fourth-order valence-electron chi connectivity index (χ4n) is 2.53. The summed E-state index contributed by atoms with van der Waals surface area (Å²) in [4.78, 5) is 6.39. The number of anilines is 1. The molecule has 0 aliphatic carbocycles. The fraction of sp³-hybridized carbons (Fsp3) is 0.615. The second kappa shape index (κ2) is 5.80. The van der Waals surface area contributed by atoms with E-state index in [9.17, 15) is 4.39 Å². The molecule has 1 unspecified atom stereocenters. The van der Waals surface area contributed by atoms with Gasteiger partial charge in [-0.2, -0.15) is 0 Å². The highest BCUT2D eigenvalue weighted by molar-refractivity contribution is 9.10. The van der Waals surface area contributed by atoms with Crippen LogP contribution in [0.25, 0.3) is 0 Å². The van der Waals surface area contributed by atoms with E-state index in [4.69, 9.17) is 0 Å². The van der Waals surface area contributed by atoms with Crippen molar-refractivity contribution < 1.29 is 4.39 Å². The van der Waals surface area contributed by atoms with E-state index in [2.05, 4.69) is 32.7 Å². The van der Waals surface area contributed by atoms with E-state index in [1.165, 1.54) is 12.5 Å². The summed E-state index contributed by atoms with van der Waals surface area (Å²) < 4.78 is 14.6. The molecule has 0 N–H and O–H groups in total. The van der Waals surface area contributed by atoms with Gasteiger partial charge in [0.25, 0.3) is 0 Å². The van der Waals surface area contributed by atoms with Gasteiger partial charge in [-0.15, -0.1) is 0 Å². The summed E-state index contributed by atoms with van der Waals surface area (Å²) >= 11 is 3.25. The average Bonchev–Trinajstić information content (AvgIpc) is 2.31. The van der Waals surface area contributed by atoms with Crippen LogP contribution in [0.1, 0.15) is 39.0 Å². The molecule has 0 amide bonds. The van der Waals surface area contributed by atoms with Gasteiger partial charge in [0.05, 0.1) is 0 Å². The Morgan fingerprint density at radius 1 is 1.53 bits per heavy atom. The highest BCUT2D eigenvalue weighted by Gasteiger charge is 2.24. The third-order valence-corrected chi connectivity index (χ3v) is 3.74. The molecule has 1 aromatic heterocycles. The minimum Gasteiger partial charge on any atom is -0.351 e. The largest absolute Gasteiger partial charge is 0.351 e. The Kier molecular flexibility index (Phi) is 4.37. The van der Waals surface area contributed by atoms with Gasteiger partial charge in [-0.25, -0.2) is 9.37 Å². The maximum Gasteiger partial charge on any atom is 0.166 e. The molecule has 94 valence electrons. The van der Waals surface area contributed by atoms with Crippen molar-refractivity contribution >= 4 is 21.7 Å². The van der Waals surface area contributed by atoms with Gasteiger partial charge >= 0.3 is 0 Å². The number of rotatable bonds is 3. The van der Waals surface area contributed by atoms with Crippen molar-refractivity contribution in [3.8, 4) is 0 Å². The molecule has 0 spiro atoms. The summed E-state index contributed by atoms with van der Waals surface area (Å²) in [7, 11) is 0. The van der Waals surface area contributed by atoms with Crippen molar-refractivity contribution in [3.63, 3.8) is 0 Å². The first kappa shape index (κ1) is 12.8. The van der Waals surface area contributed by atoms with Crippen molar-refractivity contribution in [3.05, 3.63) is 22.6 Å². The number of aromatic nitrogens is 1. The van der Waals surface area contributed by atoms with Crippen LogP contribution in [0, 0.1) is 5.82 Å². The van der Waals surface area contributed by atoms with Crippen LogP contribution in [-0.2, 0) is 0 Å². The summed E-state index contributed by atoms with van der Waals surface area (Å²) in [6, 6.07) is 1.96. The Hall–Kier alpha value is -0.640. The van der Waals surface area contributed by atoms with Gasteiger partial charge in [0.2, 0.25) is 0 Å². The first-order valence-electron chi connectivity index (χ1n) is 6.30. The van der Waals surface area contributed by atoms with Crippen LogP contribution < -0.4 is 4.90 Å². The molecule has 1 aliphatic heterocycles. The third kappa shape index (κ3) is 2.97. The molecule has 1 aliphatic rings. The number of nitrogens with zero attached hydrogens (tertiary/aromatic N) is 2. The van der Waals surface area contributed by atoms with Crippen molar-refractivity contribution in [2.24, 2.45) is 0 Å². The Bertz CT molecular complexity index is 382. The molecule has 0 bridgehead atoms. The van der Waals surface area contributed by atoms with Crippen LogP contribution in [-0.4, -0.2) is 17.6 Å². The number of pyridine rings is 1. The minimum atomic E-state index is -0.220. The lowest BCUT2D eigenvalue weighted by atomic mass is 9.98. The first-order valence-corrected chi connectivity index (χ1v) is 7.09. The van der Waals surface area contributed by atoms with E-state index < -0.39 is 0 Å². The van der Waals surface area contributed by atoms with E-state index in [-0.39, 0.29) is 5.82 Å². The molecule has 1 aromatic rings. The maximum absolute atomic E-state index is 13.9. The predicted molar refractivity (Wildman–Crippen MR) is 71.8 cm³/mol. The quantitative estimate of drug-likeness (QED) is 0.834. The van der Waals surface area contributed by atoms with Gasteiger partial charge < -0.3 is 4.90 Å². The zero-order valence-electron chi connectivity index (χ0n) is 10.1. The normalized spacial score (nSPS) is 20.6. The zero-order chi connectivity index (χ0) is 12.3. The van der Waals surface area contributed by atoms with Crippen LogP contribution in [0.2, 0.25) is 0 Å². The van der Waals surface area contributed by atoms with Crippen LogP contribution in [0.15, 0.2) is 16.7 Å². The third-order valence-electron chi connectivity index (χ3n) is 3.31. The Morgan fingerprint density at radius 3 is 3.06 bits per heavy atom. The molecule has 0 aromatic carbocycles. The number of hydrogen-bond acceptors (Lipinski definition) is 2. The van der Waals surface area contributed by atoms with Crippen molar-refractivity contribution in [1.29, 1.82) is 0 Å². The summed E-state index contributed by atoms with van der Waals surface area (Å²) in [6.07, 6.45) is 7.48. The van der Waals surface area contributed by atoms with Crippen LogP contribution in [0.3, 0.4) is 0 Å². The number of halogens is 2. The SMILES string of the molecule is CCCC1CCCCN1c1ncc(Br)cc1F. The van der Waals surface area contributed by atoms with Crippen molar-refractivity contribution in [2.75, 3.05) is 11.4 Å². The van der Waals surface area contributed by atoms with E-state index in [0.717, 1.165) is 32.2 Å². The molecular formula is C13H18BrFN2. The fourth-order valence-corrected chi connectivity index (χ4v) is 2.83.